The lowest BCUT2D eigenvalue weighted by Crippen LogP contribution is -2.42. The summed E-state index contributed by atoms with van der Waals surface area (Å²) in [6, 6.07) is 9.01. The van der Waals surface area contributed by atoms with Crippen molar-refractivity contribution in [1.82, 2.24) is 10.6 Å². The molecule has 0 heterocycles. The van der Waals surface area contributed by atoms with Crippen LogP contribution in [-0.4, -0.2) is 38.6 Å². The van der Waals surface area contributed by atoms with Gasteiger partial charge in [0, 0.05) is 19.7 Å². The number of nitrogens with two attached hydrogens (primary N) is 1. The summed E-state index contributed by atoms with van der Waals surface area (Å²) in [7, 11) is 1.56. The molecule has 0 bridgehead atoms. The first-order valence-electron chi connectivity index (χ1n) is 6.90. The van der Waals surface area contributed by atoms with Crippen molar-refractivity contribution in [2.45, 2.75) is 13.0 Å². The third-order valence-corrected chi connectivity index (χ3v) is 3.19. The number of carbonyl (C=O) groups excluding carboxylic acids is 2. The number of ether oxygens (including phenoxy) is 1. The molecule has 6 heteroatoms. The number of amides is 2. The van der Waals surface area contributed by atoms with Gasteiger partial charge >= 0.3 is 0 Å². The van der Waals surface area contributed by atoms with Crippen LogP contribution in [0.15, 0.2) is 30.3 Å². The van der Waals surface area contributed by atoms with Crippen LogP contribution < -0.4 is 16.4 Å². The van der Waals surface area contributed by atoms with E-state index in [1.165, 1.54) is 0 Å². The van der Waals surface area contributed by atoms with Crippen molar-refractivity contribution in [2.75, 3.05) is 26.8 Å². The predicted molar refractivity (Wildman–Crippen MR) is 80.4 cm³/mol. The standard InChI is InChI=1S/C15H23N3O3/c1-11(14(16)12-6-4-3-5-7-12)15(20)18-10-13(19)17-8-9-21-2/h3-7,11,14H,8-10,16H2,1-2H3,(H,17,19)(H,18,20). The largest absolute Gasteiger partial charge is 0.383 e. The number of nitrogens with one attached hydrogen (secondary N) is 2. The van der Waals surface area contributed by atoms with E-state index in [4.69, 9.17) is 10.5 Å². The average Bonchev–Trinajstić information content (AvgIpc) is 2.52. The molecule has 2 unspecified atom stereocenters. The first-order chi connectivity index (χ1) is 10.1. The third kappa shape index (κ3) is 5.93. The lowest BCUT2D eigenvalue weighted by atomic mass is 9.95. The molecule has 21 heavy (non-hydrogen) atoms. The third-order valence-electron chi connectivity index (χ3n) is 3.19. The Hall–Kier alpha value is -1.92. The van der Waals surface area contributed by atoms with Gasteiger partial charge in [-0.25, -0.2) is 0 Å². The van der Waals surface area contributed by atoms with Crippen molar-refractivity contribution in [3.63, 3.8) is 0 Å². The molecule has 0 aromatic heterocycles. The fourth-order valence-electron chi connectivity index (χ4n) is 1.81. The Bertz CT molecular complexity index is 451. The Kier molecular flexibility index (Phi) is 7.42. The van der Waals surface area contributed by atoms with E-state index in [-0.39, 0.29) is 18.4 Å². The van der Waals surface area contributed by atoms with E-state index in [9.17, 15) is 9.59 Å². The van der Waals surface area contributed by atoms with E-state index in [0.717, 1.165) is 5.56 Å². The van der Waals surface area contributed by atoms with Gasteiger partial charge in [0.2, 0.25) is 11.8 Å². The van der Waals surface area contributed by atoms with E-state index in [1.54, 1.807) is 14.0 Å². The van der Waals surface area contributed by atoms with Crippen LogP contribution in [0.25, 0.3) is 0 Å². The zero-order valence-electron chi connectivity index (χ0n) is 12.5. The molecule has 0 spiro atoms. The maximum atomic E-state index is 12.0. The second-order valence-corrected chi connectivity index (χ2v) is 4.79. The van der Waals surface area contributed by atoms with Gasteiger partial charge in [-0.1, -0.05) is 37.3 Å². The van der Waals surface area contributed by atoms with Gasteiger partial charge in [-0.2, -0.15) is 0 Å². The maximum Gasteiger partial charge on any atom is 0.239 e. The van der Waals surface area contributed by atoms with Crippen LogP contribution >= 0.6 is 0 Å². The molecule has 2 atom stereocenters. The highest BCUT2D eigenvalue weighted by molar-refractivity contribution is 5.86. The smallest absolute Gasteiger partial charge is 0.239 e. The number of methoxy groups -OCH3 is 1. The monoisotopic (exact) mass is 293 g/mol. The average molecular weight is 293 g/mol. The maximum absolute atomic E-state index is 12.0. The summed E-state index contributed by atoms with van der Waals surface area (Å²) in [5.74, 6) is -0.909. The first kappa shape index (κ1) is 17.1. The number of hydrogen-bond acceptors (Lipinski definition) is 4. The van der Waals surface area contributed by atoms with E-state index < -0.39 is 12.0 Å². The molecule has 1 aromatic carbocycles. The van der Waals surface area contributed by atoms with Crippen LogP contribution in [0.4, 0.5) is 0 Å². The van der Waals surface area contributed by atoms with Gasteiger partial charge in [0.1, 0.15) is 0 Å². The molecule has 2 amide bonds. The van der Waals surface area contributed by atoms with Gasteiger partial charge < -0.3 is 21.1 Å². The molecule has 6 nitrogen and oxygen atoms in total. The summed E-state index contributed by atoms with van der Waals surface area (Å²) >= 11 is 0. The van der Waals surface area contributed by atoms with Crippen LogP contribution in [0.2, 0.25) is 0 Å². The highest BCUT2D eigenvalue weighted by Gasteiger charge is 2.22. The minimum absolute atomic E-state index is 0.0611. The molecule has 0 aliphatic carbocycles. The van der Waals surface area contributed by atoms with E-state index in [1.807, 2.05) is 30.3 Å². The van der Waals surface area contributed by atoms with Crippen LogP contribution in [0.5, 0.6) is 0 Å². The highest BCUT2D eigenvalue weighted by atomic mass is 16.5. The van der Waals surface area contributed by atoms with Gasteiger partial charge in [0.25, 0.3) is 0 Å². The minimum Gasteiger partial charge on any atom is -0.383 e. The molecule has 4 N–H and O–H groups in total. The highest BCUT2D eigenvalue weighted by Crippen LogP contribution is 2.18. The van der Waals surface area contributed by atoms with Crippen molar-refractivity contribution in [2.24, 2.45) is 11.7 Å². The molecule has 0 saturated carbocycles. The van der Waals surface area contributed by atoms with Gasteiger partial charge in [-0.05, 0) is 5.56 Å². The van der Waals surface area contributed by atoms with E-state index in [2.05, 4.69) is 10.6 Å². The molecule has 0 aliphatic heterocycles. The topological polar surface area (TPSA) is 93.5 Å². The van der Waals surface area contributed by atoms with Crippen molar-refractivity contribution >= 4 is 11.8 Å². The number of hydrogen-bond donors (Lipinski definition) is 3. The number of rotatable bonds is 8. The summed E-state index contributed by atoms with van der Waals surface area (Å²) in [6.07, 6.45) is 0. The van der Waals surface area contributed by atoms with Gasteiger partial charge in [-0.15, -0.1) is 0 Å². The van der Waals surface area contributed by atoms with Crippen LogP contribution in [0, 0.1) is 5.92 Å². The summed E-state index contributed by atoms with van der Waals surface area (Å²) in [6.45, 7) is 2.55. The fourth-order valence-corrected chi connectivity index (χ4v) is 1.81. The minimum atomic E-state index is -0.417. The second kappa shape index (κ2) is 9.10. The molecule has 0 aliphatic rings. The zero-order valence-corrected chi connectivity index (χ0v) is 12.5. The molecular weight excluding hydrogens is 270 g/mol. The molecule has 0 saturated heterocycles. The first-order valence-corrected chi connectivity index (χ1v) is 6.90. The summed E-state index contributed by atoms with van der Waals surface area (Å²) < 4.78 is 4.82. The quantitative estimate of drug-likeness (QED) is 0.597. The molecule has 116 valence electrons. The number of benzene rings is 1. The normalized spacial score (nSPS) is 13.3. The molecule has 1 rings (SSSR count). The second-order valence-electron chi connectivity index (χ2n) is 4.79. The van der Waals surface area contributed by atoms with Gasteiger partial charge in [-0.3, -0.25) is 9.59 Å². The van der Waals surface area contributed by atoms with Gasteiger partial charge in [0.15, 0.2) is 0 Å². The molecule has 1 aromatic rings. The number of carbonyl (C=O) groups is 2. The van der Waals surface area contributed by atoms with E-state index >= 15 is 0 Å². The zero-order chi connectivity index (χ0) is 15.7. The predicted octanol–water partition coefficient (Wildman–Crippen LogP) is 0.201. The Labute approximate surface area is 125 Å². The van der Waals surface area contributed by atoms with Crippen LogP contribution in [0.3, 0.4) is 0 Å². The van der Waals surface area contributed by atoms with E-state index in [0.29, 0.717) is 13.2 Å². The summed E-state index contributed by atoms with van der Waals surface area (Å²) in [4.78, 5) is 23.5. The van der Waals surface area contributed by atoms with Gasteiger partial charge in [0.05, 0.1) is 19.1 Å². The summed E-state index contributed by atoms with van der Waals surface area (Å²) in [5.41, 5.74) is 6.96. The van der Waals surface area contributed by atoms with Crippen molar-refractivity contribution in [3.05, 3.63) is 35.9 Å². The van der Waals surface area contributed by atoms with Crippen molar-refractivity contribution < 1.29 is 14.3 Å². The molecule has 0 fully saturated rings. The Morgan fingerprint density at radius 2 is 1.90 bits per heavy atom. The summed E-state index contributed by atoms with van der Waals surface area (Å²) in [5, 5.41) is 5.22. The Morgan fingerprint density at radius 1 is 1.24 bits per heavy atom. The van der Waals surface area contributed by atoms with Crippen LogP contribution in [-0.2, 0) is 14.3 Å². The molecular formula is C15H23N3O3. The van der Waals surface area contributed by atoms with Crippen molar-refractivity contribution in [3.8, 4) is 0 Å². The lowest BCUT2D eigenvalue weighted by molar-refractivity contribution is -0.128. The lowest BCUT2D eigenvalue weighted by Gasteiger charge is -2.19. The Balaban J connectivity index is 2.39. The van der Waals surface area contributed by atoms with Crippen LogP contribution in [0.1, 0.15) is 18.5 Å². The SMILES string of the molecule is COCCNC(=O)CNC(=O)C(C)C(N)c1ccccc1. The Morgan fingerprint density at radius 3 is 2.52 bits per heavy atom. The van der Waals surface area contributed by atoms with Crippen molar-refractivity contribution in [1.29, 1.82) is 0 Å². The fraction of sp³-hybridized carbons (Fsp3) is 0.467. The molecule has 0 radical (unpaired) electrons.